The molecule has 0 radical (unpaired) electrons. The molecule has 19 heavy (non-hydrogen) atoms. The molecule has 0 N–H and O–H groups in total. The molecule has 0 atom stereocenters. The molecule has 0 amide bonds. The summed E-state index contributed by atoms with van der Waals surface area (Å²) in [6, 6.07) is 7.29. The molecule has 0 saturated carbocycles. The van der Waals surface area contributed by atoms with Gasteiger partial charge in [0.25, 0.3) is 0 Å². The van der Waals surface area contributed by atoms with E-state index < -0.39 is 5.97 Å². The van der Waals surface area contributed by atoms with Gasteiger partial charge in [0.15, 0.2) is 11.6 Å². The van der Waals surface area contributed by atoms with Crippen molar-refractivity contribution in [1.29, 1.82) is 0 Å². The van der Waals surface area contributed by atoms with Crippen LogP contribution in [0, 0.1) is 0 Å². The lowest BCUT2D eigenvalue weighted by Gasteiger charge is -2.02. The number of hydrogen-bond acceptors (Lipinski definition) is 5. The van der Waals surface area contributed by atoms with E-state index in [9.17, 15) is 9.59 Å². The highest BCUT2D eigenvalue weighted by atomic mass is 16.6. The molecule has 5 nitrogen and oxygen atoms in total. The minimum atomic E-state index is -0.443. The van der Waals surface area contributed by atoms with Crippen molar-refractivity contribution in [2.75, 3.05) is 0 Å². The van der Waals surface area contributed by atoms with Crippen molar-refractivity contribution in [2.45, 2.75) is 20.5 Å². The van der Waals surface area contributed by atoms with Crippen LogP contribution in [0.2, 0.25) is 0 Å². The lowest BCUT2D eigenvalue weighted by atomic mass is 10.1. The van der Waals surface area contributed by atoms with Crippen LogP contribution in [-0.2, 0) is 25.7 Å². The van der Waals surface area contributed by atoms with Gasteiger partial charge in [-0.1, -0.05) is 24.3 Å². The Kier molecular flexibility index (Phi) is 3.75. The van der Waals surface area contributed by atoms with Gasteiger partial charge in [-0.05, 0) is 17.2 Å². The van der Waals surface area contributed by atoms with Crippen LogP contribution in [0.4, 0.5) is 0 Å². The smallest absolute Gasteiger partial charge is 0.363 e. The molecule has 1 heterocycles. The summed E-state index contributed by atoms with van der Waals surface area (Å²) in [5.41, 5.74) is 1.99. The molecule has 5 heteroatoms. The van der Waals surface area contributed by atoms with Crippen molar-refractivity contribution in [2.24, 2.45) is 4.99 Å². The number of carbonyl (C=O) groups is 2. The largest absolute Gasteiger partial charge is 0.461 e. The Balaban J connectivity index is 2.09. The van der Waals surface area contributed by atoms with E-state index in [0.29, 0.717) is 5.90 Å². The molecular weight excluding hydrogens is 246 g/mol. The monoisotopic (exact) mass is 259 g/mol. The maximum atomic E-state index is 11.4. The summed E-state index contributed by atoms with van der Waals surface area (Å²) in [5.74, 6) is -0.408. The molecule has 0 fully saturated rings. The molecular formula is C14H13NO4. The molecule has 0 unspecified atom stereocenters. The number of carbonyl (C=O) groups excluding carboxylic acids is 2. The van der Waals surface area contributed by atoms with E-state index in [4.69, 9.17) is 9.47 Å². The number of benzene rings is 1. The molecule has 0 bridgehead atoms. The molecule has 0 aromatic heterocycles. The topological polar surface area (TPSA) is 65.0 Å². The van der Waals surface area contributed by atoms with E-state index in [2.05, 4.69) is 4.99 Å². The summed E-state index contributed by atoms with van der Waals surface area (Å²) in [6.07, 6.45) is 1.65. The van der Waals surface area contributed by atoms with Gasteiger partial charge in [0.05, 0.1) is 0 Å². The number of esters is 2. The number of hydrogen-bond donors (Lipinski definition) is 0. The van der Waals surface area contributed by atoms with Gasteiger partial charge < -0.3 is 9.47 Å². The van der Waals surface area contributed by atoms with Crippen LogP contribution >= 0.6 is 0 Å². The van der Waals surface area contributed by atoms with Crippen molar-refractivity contribution in [3.63, 3.8) is 0 Å². The fraction of sp³-hybridized carbons (Fsp3) is 0.214. The Morgan fingerprint density at radius 3 is 2.58 bits per heavy atom. The normalized spacial score (nSPS) is 16.2. The highest BCUT2D eigenvalue weighted by molar-refractivity contribution is 6.06. The first-order valence-corrected chi connectivity index (χ1v) is 5.76. The molecule has 2 rings (SSSR count). The van der Waals surface area contributed by atoms with Crippen molar-refractivity contribution in [1.82, 2.24) is 0 Å². The first kappa shape index (κ1) is 13.0. The maximum absolute atomic E-state index is 11.4. The summed E-state index contributed by atoms with van der Waals surface area (Å²) in [6.45, 7) is 3.23. The zero-order valence-corrected chi connectivity index (χ0v) is 10.7. The highest BCUT2D eigenvalue weighted by Crippen LogP contribution is 2.16. The molecule has 1 aliphatic heterocycles. The zero-order chi connectivity index (χ0) is 13.8. The number of aliphatic imine (C=N–C) groups is 1. The number of rotatable bonds is 3. The fourth-order valence-corrected chi connectivity index (χ4v) is 1.57. The maximum Gasteiger partial charge on any atom is 0.363 e. The minimum Gasteiger partial charge on any atom is -0.461 e. The van der Waals surface area contributed by atoms with Crippen molar-refractivity contribution >= 4 is 23.9 Å². The Morgan fingerprint density at radius 1 is 1.37 bits per heavy atom. The third-order valence-corrected chi connectivity index (χ3v) is 2.45. The first-order chi connectivity index (χ1) is 9.04. The van der Waals surface area contributed by atoms with Gasteiger partial charge in [-0.15, -0.1) is 0 Å². The summed E-state index contributed by atoms with van der Waals surface area (Å²) in [5, 5.41) is 0. The standard InChI is InChI=1S/C14H13NO4/c1-9-15-13(14(17)19-9)7-11-3-5-12(6-4-11)8-18-10(2)16/h3-7H,8H2,1-2H3/b13-7-. The number of nitrogens with zero attached hydrogens (tertiary/aromatic N) is 1. The molecule has 1 aromatic rings. The van der Waals surface area contributed by atoms with E-state index >= 15 is 0 Å². The zero-order valence-electron chi connectivity index (χ0n) is 10.7. The minimum absolute atomic E-state index is 0.242. The average Bonchev–Trinajstić information content (AvgIpc) is 2.67. The van der Waals surface area contributed by atoms with Crippen LogP contribution in [0.5, 0.6) is 0 Å². The van der Waals surface area contributed by atoms with Crippen LogP contribution < -0.4 is 0 Å². The second-order valence-electron chi connectivity index (χ2n) is 4.07. The lowest BCUT2D eigenvalue weighted by molar-refractivity contribution is -0.142. The van der Waals surface area contributed by atoms with Gasteiger partial charge in [0, 0.05) is 13.8 Å². The molecule has 1 aliphatic rings. The van der Waals surface area contributed by atoms with Gasteiger partial charge in [-0.25, -0.2) is 9.79 Å². The van der Waals surface area contributed by atoms with Crippen LogP contribution in [-0.4, -0.2) is 17.8 Å². The first-order valence-electron chi connectivity index (χ1n) is 5.76. The van der Waals surface area contributed by atoms with Gasteiger partial charge >= 0.3 is 11.9 Å². The van der Waals surface area contributed by atoms with E-state index in [1.54, 1.807) is 13.0 Å². The highest BCUT2D eigenvalue weighted by Gasteiger charge is 2.19. The van der Waals surface area contributed by atoms with Gasteiger partial charge in [-0.3, -0.25) is 4.79 Å². The van der Waals surface area contributed by atoms with Crippen molar-refractivity contribution in [3.8, 4) is 0 Å². The molecule has 98 valence electrons. The summed E-state index contributed by atoms with van der Waals surface area (Å²) in [4.78, 5) is 26.0. The Labute approximate surface area is 110 Å². The van der Waals surface area contributed by atoms with E-state index in [1.165, 1.54) is 6.92 Å². The Hall–Kier alpha value is -2.43. The molecule has 0 saturated heterocycles. The molecule has 0 spiro atoms. The lowest BCUT2D eigenvalue weighted by Crippen LogP contribution is -2.00. The van der Waals surface area contributed by atoms with Gasteiger partial charge in [-0.2, -0.15) is 0 Å². The molecule has 1 aromatic carbocycles. The number of cyclic esters (lactones) is 1. The Bertz CT molecular complexity index is 570. The van der Waals surface area contributed by atoms with Gasteiger partial charge in [0.1, 0.15) is 6.61 Å². The second kappa shape index (κ2) is 5.48. The van der Waals surface area contributed by atoms with E-state index in [1.807, 2.05) is 24.3 Å². The van der Waals surface area contributed by atoms with E-state index in [0.717, 1.165) is 11.1 Å². The summed E-state index contributed by atoms with van der Waals surface area (Å²) >= 11 is 0. The quantitative estimate of drug-likeness (QED) is 0.615. The van der Waals surface area contributed by atoms with Crippen molar-refractivity contribution < 1.29 is 19.1 Å². The predicted octanol–water partition coefficient (Wildman–Crippen LogP) is 2.07. The van der Waals surface area contributed by atoms with Crippen LogP contribution in [0.15, 0.2) is 35.0 Å². The van der Waals surface area contributed by atoms with Crippen LogP contribution in [0.3, 0.4) is 0 Å². The van der Waals surface area contributed by atoms with Crippen LogP contribution in [0.25, 0.3) is 6.08 Å². The third kappa shape index (κ3) is 3.51. The SMILES string of the molecule is CC(=O)OCc1ccc(/C=C2\N=C(C)OC2=O)cc1. The predicted molar refractivity (Wildman–Crippen MR) is 69.1 cm³/mol. The third-order valence-electron chi connectivity index (χ3n) is 2.45. The van der Waals surface area contributed by atoms with E-state index in [-0.39, 0.29) is 18.3 Å². The van der Waals surface area contributed by atoms with Gasteiger partial charge in [0.2, 0.25) is 0 Å². The van der Waals surface area contributed by atoms with Crippen LogP contribution in [0.1, 0.15) is 25.0 Å². The molecule has 0 aliphatic carbocycles. The van der Waals surface area contributed by atoms with Crippen molar-refractivity contribution in [3.05, 3.63) is 41.1 Å². The second-order valence-corrected chi connectivity index (χ2v) is 4.07. The average molecular weight is 259 g/mol. The summed E-state index contributed by atoms with van der Waals surface area (Å²) < 4.78 is 9.70. The fourth-order valence-electron chi connectivity index (χ4n) is 1.57. The Morgan fingerprint density at radius 2 is 2.05 bits per heavy atom. The number of ether oxygens (including phenoxy) is 2. The summed E-state index contributed by atoms with van der Waals surface area (Å²) in [7, 11) is 0.